The maximum Gasteiger partial charge on any atom is 0.277 e. The van der Waals surface area contributed by atoms with E-state index < -0.39 is 17.3 Å². The Labute approximate surface area is 191 Å². The fourth-order valence-corrected chi connectivity index (χ4v) is 3.36. The van der Waals surface area contributed by atoms with Crippen LogP contribution in [0.3, 0.4) is 0 Å². The summed E-state index contributed by atoms with van der Waals surface area (Å²) in [5.41, 5.74) is 5.51. The van der Waals surface area contributed by atoms with Crippen LogP contribution in [-0.4, -0.2) is 41.8 Å². The molecule has 0 radical (unpaired) electrons. The number of nitrogens with zero attached hydrogens (tertiary/aromatic N) is 1. The molecule has 33 heavy (non-hydrogen) atoms. The highest BCUT2D eigenvalue weighted by Crippen LogP contribution is 2.29. The minimum atomic E-state index is -0.694. The van der Waals surface area contributed by atoms with Crippen LogP contribution in [0.1, 0.15) is 10.4 Å². The molecule has 2 amide bonds. The number of carbonyl (C=O) groups is 2. The minimum Gasteiger partial charge on any atom is -0.493 e. The molecule has 10 nitrogen and oxygen atoms in total. The number of nitrogen functional groups attached to an aromatic ring is 1. The van der Waals surface area contributed by atoms with Gasteiger partial charge in [0.15, 0.2) is 22.5 Å². The van der Waals surface area contributed by atoms with E-state index >= 15 is 0 Å². The van der Waals surface area contributed by atoms with Crippen LogP contribution < -0.4 is 31.4 Å². The van der Waals surface area contributed by atoms with E-state index in [0.717, 1.165) is 23.9 Å². The summed E-state index contributed by atoms with van der Waals surface area (Å²) in [6, 6.07) is 9.69. The van der Waals surface area contributed by atoms with Gasteiger partial charge in [-0.1, -0.05) is 11.8 Å². The number of benzene rings is 2. The molecular formula is C21H20FN5O5S. The quantitative estimate of drug-likeness (QED) is 0.288. The van der Waals surface area contributed by atoms with E-state index in [2.05, 4.69) is 20.6 Å². The molecule has 0 unspecified atom stereocenters. The number of aromatic amines is 1. The second-order valence-corrected chi connectivity index (χ2v) is 7.46. The van der Waals surface area contributed by atoms with Crippen LogP contribution in [0.25, 0.3) is 0 Å². The van der Waals surface area contributed by atoms with Gasteiger partial charge >= 0.3 is 0 Å². The summed E-state index contributed by atoms with van der Waals surface area (Å²) in [5.74, 6) is -0.823. The maximum absolute atomic E-state index is 13.0. The standard InChI is InChI=1S/C21H20FN5O5S/c1-31-14-8-7-13(9-15(14)32-2)24-16(28)10-33-21-26-18(23)17(20(30)27-21)25-19(29)11-3-5-12(22)6-4-11/h3-9H,10H2,1-2H3,(H,24,28)(H,25,29)(H3,23,26,27,30). The summed E-state index contributed by atoms with van der Waals surface area (Å²) in [6.07, 6.45) is 0. The molecule has 1 aromatic heterocycles. The van der Waals surface area contributed by atoms with E-state index in [-0.39, 0.29) is 33.9 Å². The average Bonchev–Trinajstić information content (AvgIpc) is 2.80. The van der Waals surface area contributed by atoms with Crippen LogP contribution in [0, 0.1) is 5.82 Å². The minimum absolute atomic E-state index is 0.0714. The van der Waals surface area contributed by atoms with Gasteiger partial charge in [0.1, 0.15) is 11.5 Å². The Balaban J connectivity index is 1.63. The zero-order chi connectivity index (χ0) is 24.0. The number of ether oxygens (including phenoxy) is 2. The van der Waals surface area contributed by atoms with Gasteiger partial charge in [-0.3, -0.25) is 19.4 Å². The third kappa shape index (κ3) is 6.01. The third-order valence-corrected chi connectivity index (χ3v) is 5.15. The third-order valence-electron chi connectivity index (χ3n) is 4.28. The number of carbonyl (C=O) groups excluding carboxylic acids is 2. The predicted molar refractivity (Wildman–Crippen MR) is 123 cm³/mol. The Morgan fingerprint density at radius 1 is 1.09 bits per heavy atom. The summed E-state index contributed by atoms with van der Waals surface area (Å²) in [7, 11) is 2.99. The average molecular weight is 473 g/mol. The smallest absolute Gasteiger partial charge is 0.277 e. The largest absolute Gasteiger partial charge is 0.493 e. The summed E-state index contributed by atoms with van der Waals surface area (Å²) in [6.45, 7) is 0. The highest BCUT2D eigenvalue weighted by Gasteiger charge is 2.15. The van der Waals surface area contributed by atoms with Crippen LogP contribution in [0.2, 0.25) is 0 Å². The summed E-state index contributed by atoms with van der Waals surface area (Å²) in [5, 5.41) is 5.15. The highest BCUT2D eigenvalue weighted by molar-refractivity contribution is 7.99. The highest BCUT2D eigenvalue weighted by atomic mass is 32.2. The van der Waals surface area contributed by atoms with Crippen molar-refractivity contribution in [1.82, 2.24) is 9.97 Å². The zero-order valence-corrected chi connectivity index (χ0v) is 18.4. The summed E-state index contributed by atoms with van der Waals surface area (Å²) >= 11 is 0.950. The second-order valence-electron chi connectivity index (χ2n) is 6.50. The van der Waals surface area contributed by atoms with Gasteiger partial charge in [-0.15, -0.1) is 0 Å². The fraction of sp³-hybridized carbons (Fsp3) is 0.143. The van der Waals surface area contributed by atoms with Gasteiger partial charge in [0.05, 0.1) is 20.0 Å². The molecule has 0 aliphatic heterocycles. The predicted octanol–water partition coefficient (Wildman–Crippen LogP) is 2.49. The number of thioether (sulfide) groups is 1. The molecule has 0 bridgehead atoms. The topological polar surface area (TPSA) is 148 Å². The lowest BCUT2D eigenvalue weighted by Crippen LogP contribution is -2.23. The molecule has 0 saturated carbocycles. The van der Waals surface area contributed by atoms with Crippen molar-refractivity contribution < 1.29 is 23.5 Å². The van der Waals surface area contributed by atoms with Crippen molar-refractivity contribution >= 4 is 40.8 Å². The van der Waals surface area contributed by atoms with Crippen LogP contribution in [0.4, 0.5) is 21.6 Å². The Hall–Kier alpha value is -4.06. The second kappa shape index (κ2) is 10.5. The van der Waals surface area contributed by atoms with E-state index in [9.17, 15) is 18.8 Å². The lowest BCUT2D eigenvalue weighted by atomic mass is 10.2. The van der Waals surface area contributed by atoms with E-state index in [1.807, 2.05) is 0 Å². The molecule has 2 aromatic carbocycles. The molecule has 0 aliphatic rings. The van der Waals surface area contributed by atoms with Gasteiger partial charge in [-0.05, 0) is 36.4 Å². The molecule has 0 aliphatic carbocycles. The summed E-state index contributed by atoms with van der Waals surface area (Å²) < 4.78 is 23.4. The van der Waals surface area contributed by atoms with Gasteiger partial charge in [0.25, 0.3) is 11.5 Å². The van der Waals surface area contributed by atoms with Crippen molar-refractivity contribution in [2.75, 3.05) is 36.3 Å². The first-order valence-corrected chi connectivity index (χ1v) is 10.4. The van der Waals surface area contributed by atoms with Crippen molar-refractivity contribution in [3.8, 4) is 11.5 Å². The van der Waals surface area contributed by atoms with Crippen LogP contribution >= 0.6 is 11.8 Å². The monoisotopic (exact) mass is 473 g/mol. The molecular weight excluding hydrogens is 453 g/mol. The fourth-order valence-electron chi connectivity index (χ4n) is 2.69. The maximum atomic E-state index is 13.0. The van der Waals surface area contributed by atoms with E-state index in [1.165, 1.54) is 26.4 Å². The normalized spacial score (nSPS) is 10.4. The number of halogens is 1. The lowest BCUT2D eigenvalue weighted by molar-refractivity contribution is -0.113. The van der Waals surface area contributed by atoms with Crippen LogP contribution in [0.15, 0.2) is 52.4 Å². The number of aromatic nitrogens is 2. The van der Waals surface area contributed by atoms with Crippen molar-refractivity contribution in [3.05, 3.63) is 64.2 Å². The van der Waals surface area contributed by atoms with Crippen molar-refractivity contribution in [2.45, 2.75) is 5.16 Å². The molecule has 0 spiro atoms. The molecule has 5 N–H and O–H groups in total. The number of methoxy groups -OCH3 is 2. The Bertz CT molecular complexity index is 1230. The van der Waals surface area contributed by atoms with Crippen molar-refractivity contribution in [2.24, 2.45) is 0 Å². The summed E-state index contributed by atoms with van der Waals surface area (Å²) in [4.78, 5) is 43.3. The number of nitrogens with two attached hydrogens (primary N) is 1. The number of rotatable bonds is 8. The van der Waals surface area contributed by atoms with Crippen LogP contribution in [-0.2, 0) is 4.79 Å². The van der Waals surface area contributed by atoms with E-state index in [0.29, 0.717) is 17.2 Å². The Kier molecular flexibility index (Phi) is 7.51. The first-order chi connectivity index (χ1) is 15.8. The number of anilines is 3. The molecule has 172 valence electrons. The van der Waals surface area contributed by atoms with Gasteiger partial charge in [0.2, 0.25) is 5.91 Å². The number of hydrogen-bond acceptors (Lipinski definition) is 8. The Morgan fingerprint density at radius 2 is 1.79 bits per heavy atom. The Morgan fingerprint density at radius 3 is 2.42 bits per heavy atom. The van der Waals surface area contributed by atoms with Gasteiger partial charge in [-0.2, -0.15) is 0 Å². The molecule has 0 fully saturated rings. The molecule has 3 aromatic rings. The number of H-pyrrole nitrogens is 1. The van der Waals surface area contributed by atoms with Gasteiger partial charge in [0, 0.05) is 17.3 Å². The van der Waals surface area contributed by atoms with E-state index in [4.69, 9.17) is 15.2 Å². The first kappa shape index (κ1) is 23.6. The number of nitrogens with one attached hydrogen (secondary N) is 3. The SMILES string of the molecule is COc1ccc(NC(=O)CSc2nc(N)c(NC(=O)c3ccc(F)cc3)c(=O)[nH]2)cc1OC. The zero-order valence-electron chi connectivity index (χ0n) is 17.6. The molecule has 0 saturated heterocycles. The molecule has 1 heterocycles. The van der Waals surface area contributed by atoms with Crippen molar-refractivity contribution in [3.63, 3.8) is 0 Å². The lowest BCUT2D eigenvalue weighted by Gasteiger charge is -2.11. The number of hydrogen-bond donors (Lipinski definition) is 4. The molecule has 12 heteroatoms. The molecule has 0 atom stereocenters. The van der Waals surface area contributed by atoms with Gasteiger partial charge in [-0.25, -0.2) is 9.37 Å². The van der Waals surface area contributed by atoms with Crippen molar-refractivity contribution in [1.29, 1.82) is 0 Å². The van der Waals surface area contributed by atoms with Crippen LogP contribution in [0.5, 0.6) is 11.5 Å². The molecule has 3 rings (SSSR count). The number of amides is 2. The first-order valence-electron chi connectivity index (χ1n) is 9.42. The van der Waals surface area contributed by atoms with E-state index in [1.54, 1.807) is 18.2 Å². The van der Waals surface area contributed by atoms with Gasteiger partial charge < -0.3 is 25.8 Å².